The fourth-order valence-corrected chi connectivity index (χ4v) is 3.54. The minimum absolute atomic E-state index is 0.0189. The third-order valence-electron chi connectivity index (χ3n) is 4.77. The van der Waals surface area contributed by atoms with Crippen molar-refractivity contribution in [1.82, 2.24) is 0 Å². The Labute approximate surface area is 137 Å². The predicted molar refractivity (Wildman–Crippen MR) is 91.9 cm³/mol. The van der Waals surface area contributed by atoms with E-state index in [0.29, 0.717) is 5.69 Å². The summed E-state index contributed by atoms with van der Waals surface area (Å²) in [4.78, 5) is 26.8. The standard InChI is InChI=1S/C20H23NO2/c1-14(2)7-6-8-15-11-12-17-18(13-15)20(23)21(19(17)22)16-9-4-3-5-10-16/h3-5,7-10,17-18H,6,11-13H2,1-2H3/b15-8+. The Morgan fingerprint density at radius 1 is 1.13 bits per heavy atom. The van der Waals surface area contributed by atoms with Gasteiger partial charge in [0.05, 0.1) is 17.5 Å². The minimum atomic E-state index is -0.172. The molecule has 23 heavy (non-hydrogen) atoms. The van der Waals surface area contributed by atoms with Crippen LogP contribution in [0, 0.1) is 11.8 Å². The van der Waals surface area contributed by atoms with Crippen LogP contribution in [-0.2, 0) is 9.59 Å². The quantitative estimate of drug-likeness (QED) is 0.618. The van der Waals surface area contributed by atoms with Crippen LogP contribution in [0.2, 0.25) is 0 Å². The maximum Gasteiger partial charge on any atom is 0.238 e. The van der Waals surface area contributed by atoms with E-state index in [1.54, 1.807) is 0 Å². The lowest BCUT2D eigenvalue weighted by Crippen LogP contribution is -2.30. The lowest BCUT2D eigenvalue weighted by Gasteiger charge is -2.23. The molecule has 1 saturated carbocycles. The van der Waals surface area contributed by atoms with E-state index in [9.17, 15) is 9.59 Å². The summed E-state index contributed by atoms with van der Waals surface area (Å²) in [5.74, 6) is -0.355. The summed E-state index contributed by atoms with van der Waals surface area (Å²) in [6.45, 7) is 4.18. The maximum absolute atomic E-state index is 12.7. The smallest absolute Gasteiger partial charge is 0.238 e. The molecule has 2 amide bonds. The van der Waals surface area contributed by atoms with Gasteiger partial charge in [0.2, 0.25) is 11.8 Å². The van der Waals surface area contributed by atoms with E-state index < -0.39 is 0 Å². The Kier molecular flexibility index (Phi) is 4.46. The molecular formula is C20H23NO2. The molecule has 2 atom stereocenters. The molecule has 0 N–H and O–H groups in total. The molecule has 3 nitrogen and oxygen atoms in total. The summed E-state index contributed by atoms with van der Waals surface area (Å²) in [6, 6.07) is 9.29. The zero-order valence-corrected chi connectivity index (χ0v) is 13.8. The third-order valence-corrected chi connectivity index (χ3v) is 4.77. The van der Waals surface area contributed by atoms with Gasteiger partial charge in [0.1, 0.15) is 0 Å². The summed E-state index contributed by atoms with van der Waals surface area (Å²) >= 11 is 0. The van der Waals surface area contributed by atoms with E-state index in [1.807, 2.05) is 30.3 Å². The van der Waals surface area contributed by atoms with Crippen molar-refractivity contribution < 1.29 is 9.59 Å². The highest BCUT2D eigenvalue weighted by molar-refractivity contribution is 6.22. The Bertz CT molecular complexity index is 668. The topological polar surface area (TPSA) is 37.4 Å². The zero-order valence-electron chi connectivity index (χ0n) is 13.8. The van der Waals surface area contributed by atoms with Crippen LogP contribution in [0.3, 0.4) is 0 Å². The van der Waals surface area contributed by atoms with Crippen molar-refractivity contribution in [2.24, 2.45) is 11.8 Å². The molecule has 0 bridgehead atoms. The number of benzene rings is 1. The second kappa shape index (κ2) is 6.53. The van der Waals surface area contributed by atoms with Crippen molar-refractivity contribution in [2.45, 2.75) is 39.5 Å². The molecule has 0 aromatic heterocycles. The average Bonchev–Trinajstić information content (AvgIpc) is 2.79. The second-order valence-electron chi connectivity index (χ2n) is 6.68. The van der Waals surface area contributed by atoms with Crippen LogP contribution in [0.5, 0.6) is 0 Å². The van der Waals surface area contributed by atoms with Crippen molar-refractivity contribution in [1.29, 1.82) is 0 Å². The van der Waals surface area contributed by atoms with Crippen LogP contribution < -0.4 is 4.90 Å². The van der Waals surface area contributed by atoms with Gasteiger partial charge >= 0.3 is 0 Å². The molecule has 1 aliphatic carbocycles. The lowest BCUT2D eigenvalue weighted by molar-refractivity contribution is -0.122. The maximum atomic E-state index is 12.7. The van der Waals surface area contributed by atoms with E-state index in [-0.39, 0.29) is 23.7 Å². The van der Waals surface area contributed by atoms with E-state index in [0.717, 1.165) is 25.7 Å². The first-order valence-corrected chi connectivity index (χ1v) is 8.32. The van der Waals surface area contributed by atoms with Gasteiger partial charge in [-0.05, 0) is 51.7 Å². The summed E-state index contributed by atoms with van der Waals surface area (Å²) in [5, 5.41) is 0. The number of allylic oxidation sites excluding steroid dienone is 4. The minimum Gasteiger partial charge on any atom is -0.274 e. The second-order valence-corrected chi connectivity index (χ2v) is 6.68. The van der Waals surface area contributed by atoms with Crippen LogP contribution in [-0.4, -0.2) is 11.8 Å². The van der Waals surface area contributed by atoms with Crippen molar-refractivity contribution in [3.8, 4) is 0 Å². The lowest BCUT2D eigenvalue weighted by atomic mass is 9.78. The summed E-state index contributed by atoms with van der Waals surface area (Å²) in [5.41, 5.74) is 3.32. The number of carbonyl (C=O) groups is 2. The zero-order chi connectivity index (χ0) is 16.4. The highest BCUT2D eigenvalue weighted by atomic mass is 16.2. The molecule has 0 radical (unpaired) electrons. The number of amides is 2. The molecule has 3 rings (SSSR count). The van der Waals surface area contributed by atoms with E-state index in [4.69, 9.17) is 0 Å². The highest BCUT2D eigenvalue weighted by Crippen LogP contribution is 2.42. The van der Waals surface area contributed by atoms with Crippen molar-refractivity contribution in [3.05, 3.63) is 53.6 Å². The molecule has 2 aliphatic rings. The number of hydrogen-bond donors (Lipinski definition) is 0. The monoisotopic (exact) mass is 309 g/mol. The third kappa shape index (κ3) is 3.14. The SMILES string of the molecule is CC(C)=CC/C=C1\CCC2C(=O)N(c3ccccc3)C(=O)C2C1. The first-order chi connectivity index (χ1) is 11.1. The average molecular weight is 309 g/mol. The molecular weight excluding hydrogens is 286 g/mol. The molecule has 1 saturated heterocycles. The van der Waals surface area contributed by atoms with Gasteiger partial charge in [0.25, 0.3) is 0 Å². The number of rotatable bonds is 3. The van der Waals surface area contributed by atoms with E-state index in [1.165, 1.54) is 16.0 Å². The van der Waals surface area contributed by atoms with Gasteiger partial charge in [-0.3, -0.25) is 14.5 Å². The van der Waals surface area contributed by atoms with Gasteiger partial charge in [-0.25, -0.2) is 0 Å². The number of nitrogens with zero attached hydrogens (tertiary/aromatic N) is 1. The molecule has 1 heterocycles. The summed E-state index contributed by atoms with van der Waals surface area (Å²) in [6.07, 6.45) is 7.79. The van der Waals surface area contributed by atoms with Crippen molar-refractivity contribution in [3.63, 3.8) is 0 Å². The Hall–Kier alpha value is -2.16. The molecule has 1 aromatic rings. The molecule has 0 spiro atoms. The highest BCUT2D eigenvalue weighted by Gasteiger charge is 2.49. The normalized spacial score (nSPS) is 25.7. The number of hydrogen-bond acceptors (Lipinski definition) is 2. The Morgan fingerprint density at radius 2 is 1.83 bits per heavy atom. The first kappa shape index (κ1) is 15.7. The molecule has 1 aromatic carbocycles. The van der Waals surface area contributed by atoms with Gasteiger partial charge in [-0.1, -0.05) is 41.5 Å². The fraction of sp³-hybridized carbons (Fsp3) is 0.400. The summed E-state index contributed by atoms with van der Waals surface area (Å²) in [7, 11) is 0. The van der Waals surface area contributed by atoms with Gasteiger partial charge < -0.3 is 0 Å². The molecule has 2 fully saturated rings. The molecule has 120 valence electrons. The number of anilines is 1. The van der Waals surface area contributed by atoms with E-state index in [2.05, 4.69) is 26.0 Å². The fourth-order valence-electron chi connectivity index (χ4n) is 3.54. The molecule has 2 unspecified atom stereocenters. The van der Waals surface area contributed by atoms with Crippen LogP contribution in [0.1, 0.15) is 39.5 Å². The Morgan fingerprint density at radius 3 is 2.52 bits per heavy atom. The number of para-hydroxylation sites is 1. The van der Waals surface area contributed by atoms with Gasteiger partial charge in [0.15, 0.2) is 0 Å². The van der Waals surface area contributed by atoms with Gasteiger partial charge in [-0.15, -0.1) is 0 Å². The number of fused-ring (bicyclic) bond motifs is 1. The molecule has 1 aliphatic heterocycles. The Balaban J connectivity index is 1.78. The predicted octanol–water partition coefficient (Wildman–Crippen LogP) is 4.26. The van der Waals surface area contributed by atoms with E-state index >= 15 is 0 Å². The molecule has 3 heteroatoms. The van der Waals surface area contributed by atoms with Crippen LogP contribution in [0.4, 0.5) is 5.69 Å². The van der Waals surface area contributed by atoms with Gasteiger partial charge in [0, 0.05) is 0 Å². The van der Waals surface area contributed by atoms with Crippen LogP contribution in [0.15, 0.2) is 53.6 Å². The first-order valence-electron chi connectivity index (χ1n) is 8.32. The van der Waals surface area contributed by atoms with Crippen molar-refractivity contribution >= 4 is 17.5 Å². The van der Waals surface area contributed by atoms with Crippen LogP contribution in [0.25, 0.3) is 0 Å². The van der Waals surface area contributed by atoms with Crippen molar-refractivity contribution in [2.75, 3.05) is 4.90 Å². The summed E-state index contributed by atoms with van der Waals surface area (Å²) < 4.78 is 0. The van der Waals surface area contributed by atoms with Gasteiger partial charge in [-0.2, -0.15) is 0 Å². The van der Waals surface area contributed by atoms with Crippen LogP contribution >= 0.6 is 0 Å². The number of imide groups is 1. The largest absolute Gasteiger partial charge is 0.274 e. The number of carbonyl (C=O) groups excluding carboxylic acids is 2.